The van der Waals surface area contributed by atoms with Crippen LogP contribution in [0.15, 0.2) is 23.5 Å². The molecule has 3 N–H and O–H groups in total. The second-order valence-electron chi connectivity index (χ2n) is 4.22. The van der Waals surface area contributed by atoms with E-state index in [9.17, 15) is 0 Å². The van der Waals surface area contributed by atoms with Crippen LogP contribution in [0.1, 0.15) is 19.3 Å². The molecule has 0 unspecified atom stereocenters. The van der Waals surface area contributed by atoms with Gasteiger partial charge in [-0.15, -0.1) is 24.0 Å². The summed E-state index contributed by atoms with van der Waals surface area (Å²) in [5.41, 5.74) is 5.75. The van der Waals surface area contributed by atoms with Gasteiger partial charge in [0.05, 0.1) is 6.54 Å². The van der Waals surface area contributed by atoms with Crippen LogP contribution < -0.4 is 11.1 Å². The number of aliphatic imine (C=N–C) groups is 1. The standard InChI is InChI=1S/C11H19N5.HI/c12-11(14-9-10-3-1-4-10)13-6-8-16-7-2-5-15-16;/h2,5,7,10H,1,3-4,6,8-9H2,(H3,12,13,14);1H. The minimum absolute atomic E-state index is 0. The van der Waals surface area contributed by atoms with Crippen molar-refractivity contribution in [3.8, 4) is 0 Å². The topological polar surface area (TPSA) is 68.2 Å². The summed E-state index contributed by atoms with van der Waals surface area (Å²) in [6, 6.07) is 1.91. The van der Waals surface area contributed by atoms with E-state index in [4.69, 9.17) is 5.73 Å². The van der Waals surface area contributed by atoms with Crippen molar-refractivity contribution in [2.45, 2.75) is 25.8 Å². The normalized spacial score (nSPS) is 16.1. The van der Waals surface area contributed by atoms with Gasteiger partial charge in [0.25, 0.3) is 0 Å². The fourth-order valence-corrected chi connectivity index (χ4v) is 1.69. The molecule has 0 aromatic carbocycles. The van der Waals surface area contributed by atoms with E-state index in [-0.39, 0.29) is 24.0 Å². The molecule has 1 aromatic heterocycles. The first-order chi connectivity index (χ1) is 7.84. The van der Waals surface area contributed by atoms with Crippen LogP contribution in [0.3, 0.4) is 0 Å². The van der Waals surface area contributed by atoms with E-state index in [1.807, 2.05) is 16.9 Å². The fourth-order valence-electron chi connectivity index (χ4n) is 1.69. The number of rotatable bonds is 5. The van der Waals surface area contributed by atoms with Crippen LogP contribution in [0.4, 0.5) is 0 Å². The zero-order chi connectivity index (χ0) is 11.2. The molecule has 0 bridgehead atoms. The zero-order valence-electron chi connectivity index (χ0n) is 9.88. The maximum absolute atomic E-state index is 5.75. The average molecular weight is 349 g/mol. The summed E-state index contributed by atoms with van der Waals surface area (Å²) in [4.78, 5) is 4.32. The number of nitrogens with zero attached hydrogens (tertiary/aromatic N) is 3. The van der Waals surface area contributed by atoms with Gasteiger partial charge in [-0.1, -0.05) is 6.42 Å². The Morgan fingerprint density at radius 2 is 2.35 bits per heavy atom. The maximum atomic E-state index is 5.75. The highest BCUT2D eigenvalue weighted by molar-refractivity contribution is 14.0. The lowest BCUT2D eigenvalue weighted by atomic mass is 9.86. The molecule has 6 heteroatoms. The van der Waals surface area contributed by atoms with E-state index in [1.165, 1.54) is 19.3 Å². The summed E-state index contributed by atoms with van der Waals surface area (Å²) in [7, 11) is 0. The lowest BCUT2D eigenvalue weighted by molar-refractivity contribution is 0.326. The van der Waals surface area contributed by atoms with Gasteiger partial charge in [-0.3, -0.25) is 9.67 Å². The number of nitrogens with two attached hydrogens (primary N) is 1. The molecular formula is C11H20IN5. The van der Waals surface area contributed by atoms with E-state index in [0.717, 1.165) is 25.6 Å². The van der Waals surface area contributed by atoms with E-state index >= 15 is 0 Å². The molecule has 17 heavy (non-hydrogen) atoms. The number of halogens is 1. The predicted octanol–water partition coefficient (Wildman–Crippen LogP) is 1.21. The summed E-state index contributed by atoms with van der Waals surface area (Å²) < 4.78 is 1.87. The van der Waals surface area contributed by atoms with Gasteiger partial charge in [-0.2, -0.15) is 5.10 Å². The first-order valence-corrected chi connectivity index (χ1v) is 5.86. The van der Waals surface area contributed by atoms with Gasteiger partial charge in [-0.25, -0.2) is 0 Å². The summed E-state index contributed by atoms with van der Waals surface area (Å²) >= 11 is 0. The molecule has 5 nitrogen and oxygen atoms in total. The lowest BCUT2D eigenvalue weighted by Crippen LogP contribution is -2.35. The van der Waals surface area contributed by atoms with Crippen LogP contribution in [-0.2, 0) is 6.54 Å². The Kier molecular flexibility index (Phi) is 6.31. The molecule has 1 fully saturated rings. The van der Waals surface area contributed by atoms with Gasteiger partial charge in [0, 0.05) is 25.5 Å². The molecule has 2 rings (SSSR count). The summed E-state index contributed by atoms with van der Waals surface area (Å²) in [5.74, 6) is 1.32. The van der Waals surface area contributed by atoms with Gasteiger partial charge in [0.2, 0.25) is 0 Å². The van der Waals surface area contributed by atoms with E-state index in [0.29, 0.717) is 5.96 Å². The van der Waals surface area contributed by atoms with E-state index in [2.05, 4.69) is 15.4 Å². The number of guanidine groups is 1. The molecule has 0 aliphatic heterocycles. The Morgan fingerprint density at radius 3 is 2.94 bits per heavy atom. The molecule has 1 aromatic rings. The van der Waals surface area contributed by atoms with Crippen LogP contribution in [0.2, 0.25) is 0 Å². The van der Waals surface area contributed by atoms with Gasteiger partial charge in [0.15, 0.2) is 5.96 Å². The second-order valence-corrected chi connectivity index (χ2v) is 4.22. The van der Waals surface area contributed by atoms with E-state index in [1.54, 1.807) is 6.20 Å². The first-order valence-electron chi connectivity index (χ1n) is 5.86. The van der Waals surface area contributed by atoms with Gasteiger partial charge in [0.1, 0.15) is 0 Å². The third-order valence-electron chi connectivity index (χ3n) is 2.95. The third-order valence-corrected chi connectivity index (χ3v) is 2.95. The third kappa shape index (κ3) is 4.93. The zero-order valence-corrected chi connectivity index (χ0v) is 12.2. The van der Waals surface area contributed by atoms with Crippen LogP contribution in [0.5, 0.6) is 0 Å². The van der Waals surface area contributed by atoms with Gasteiger partial charge in [-0.05, 0) is 24.8 Å². The van der Waals surface area contributed by atoms with Gasteiger partial charge >= 0.3 is 0 Å². The highest BCUT2D eigenvalue weighted by atomic mass is 127. The van der Waals surface area contributed by atoms with E-state index < -0.39 is 0 Å². The van der Waals surface area contributed by atoms with Crippen molar-refractivity contribution in [1.82, 2.24) is 15.1 Å². The molecule has 96 valence electrons. The molecular weight excluding hydrogens is 329 g/mol. The first kappa shape index (κ1) is 14.3. The Hall–Kier alpha value is -0.790. The van der Waals surface area contributed by atoms with Crippen molar-refractivity contribution in [2.24, 2.45) is 16.6 Å². The monoisotopic (exact) mass is 349 g/mol. The SMILES string of the molecule is I.NC(=NCC1CCC1)NCCn1cccn1. The minimum atomic E-state index is 0. The smallest absolute Gasteiger partial charge is 0.188 e. The Morgan fingerprint density at radius 1 is 1.53 bits per heavy atom. The highest BCUT2D eigenvalue weighted by Gasteiger charge is 2.16. The van der Waals surface area contributed by atoms with Crippen LogP contribution >= 0.6 is 24.0 Å². The summed E-state index contributed by atoms with van der Waals surface area (Å²) in [6.07, 6.45) is 7.68. The number of nitrogens with one attached hydrogen (secondary N) is 1. The van der Waals surface area contributed by atoms with Crippen LogP contribution in [-0.4, -0.2) is 28.8 Å². The van der Waals surface area contributed by atoms with Crippen LogP contribution in [0.25, 0.3) is 0 Å². The molecule has 0 amide bonds. The molecule has 1 heterocycles. The molecule has 1 aliphatic rings. The lowest BCUT2D eigenvalue weighted by Gasteiger charge is -2.23. The predicted molar refractivity (Wildman–Crippen MR) is 79.5 cm³/mol. The van der Waals surface area contributed by atoms with Crippen molar-refractivity contribution < 1.29 is 0 Å². The summed E-state index contributed by atoms with van der Waals surface area (Å²) in [6.45, 7) is 2.45. The van der Waals surface area contributed by atoms with Crippen LogP contribution in [0, 0.1) is 5.92 Å². The van der Waals surface area contributed by atoms with Crippen molar-refractivity contribution in [2.75, 3.05) is 13.1 Å². The second kappa shape index (κ2) is 7.52. The molecule has 1 aliphatic carbocycles. The molecule has 0 spiro atoms. The Labute approximate surface area is 119 Å². The molecule has 0 atom stereocenters. The van der Waals surface area contributed by atoms with Crippen molar-refractivity contribution in [1.29, 1.82) is 0 Å². The van der Waals surface area contributed by atoms with Gasteiger partial charge < -0.3 is 11.1 Å². The summed E-state index contributed by atoms with van der Waals surface area (Å²) in [5, 5.41) is 7.20. The highest BCUT2D eigenvalue weighted by Crippen LogP contribution is 2.26. The molecule has 0 radical (unpaired) electrons. The Balaban J connectivity index is 0.00000144. The number of aromatic nitrogens is 2. The maximum Gasteiger partial charge on any atom is 0.188 e. The van der Waals surface area contributed by atoms with Crippen molar-refractivity contribution in [3.05, 3.63) is 18.5 Å². The molecule has 0 saturated heterocycles. The average Bonchev–Trinajstić information content (AvgIpc) is 2.68. The van der Waals surface area contributed by atoms with Crippen molar-refractivity contribution in [3.63, 3.8) is 0 Å². The minimum Gasteiger partial charge on any atom is -0.370 e. The largest absolute Gasteiger partial charge is 0.370 e. The Bertz CT molecular complexity index is 332. The fraction of sp³-hybridized carbons (Fsp3) is 0.636. The quantitative estimate of drug-likeness (QED) is 0.477. The number of hydrogen-bond acceptors (Lipinski definition) is 2. The molecule has 1 saturated carbocycles. The number of hydrogen-bond donors (Lipinski definition) is 2. The van der Waals surface area contributed by atoms with Crippen molar-refractivity contribution >= 4 is 29.9 Å².